The molecule has 1 aromatic carbocycles. The van der Waals surface area contributed by atoms with E-state index in [1.165, 1.54) is 0 Å². The Bertz CT molecular complexity index is 548. The number of ether oxygens (including phenoxy) is 1. The molecule has 1 atom stereocenters. The Morgan fingerprint density at radius 2 is 2.29 bits per heavy atom. The zero-order valence-corrected chi connectivity index (χ0v) is 12.9. The molecule has 114 valence electrons. The third-order valence-corrected chi connectivity index (χ3v) is 3.73. The monoisotopic (exact) mass is 310 g/mol. The summed E-state index contributed by atoms with van der Waals surface area (Å²) in [7, 11) is 1.71. The second-order valence-corrected chi connectivity index (χ2v) is 5.51. The molecule has 0 spiro atoms. The summed E-state index contributed by atoms with van der Waals surface area (Å²) in [6.07, 6.45) is 0.279. The highest BCUT2D eigenvalue weighted by Crippen LogP contribution is 2.24. The van der Waals surface area contributed by atoms with Gasteiger partial charge in [0.1, 0.15) is 5.75 Å². The first-order chi connectivity index (χ1) is 10.0. The van der Waals surface area contributed by atoms with Gasteiger partial charge in [-0.1, -0.05) is 17.7 Å². The number of hydrogen-bond acceptors (Lipinski definition) is 3. The maximum absolute atomic E-state index is 12.1. The molecule has 0 saturated carbocycles. The van der Waals surface area contributed by atoms with Crippen molar-refractivity contribution in [1.82, 2.24) is 10.2 Å². The van der Waals surface area contributed by atoms with Crippen molar-refractivity contribution in [1.29, 1.82) is 0 Å². The fraction of sp³-hybridized carbons (Fsp3) is 0.467. The lowest BCUT2D eigenvalue weighted by Gasteiger charge is -2.14. The Morgan fingerprint density at radius 3 is 2.90 bits per heavy atom. The number of halogens is 1. The van der Waals surface area contributed by atoms with E-state index in [4.69, 9.17) is 16.3 Å². The molecule has 1 aliphatic heterocycles. The summed E-state index contributed by atoms with van der Waals surface area (Å²) in [6.45, 7) is 3.26. The topological polar surface area (TPSA) is 58.6 Å². The standard InChI is InChI=1S/C15H19ClN2O3/c1-3-21-13-7-12(16)5-4-10(13)8-17-15(20)11-6-14(19)18(2)9-11/h4-5,7,11H,3,6,8-9H2,1-2H3,(H,17,20). The number of hydrogen-bond donors (Lipinski definition) is 1. The van der Waals surface area contributed by atoms with Crippen molar-refractivity contribution in [2.24, 2.45) is 5.92 Å². The minimum Gasteiger partial charge on any atom is -0.493 e. The largest absolute Gasteiger partial charge is 0.493 e. The number of nitrogens with zero attached hydrogens (tertiary/aromatic N) is 1. The van der Waals surface area contributed by atoms with E-state index in [-0.39, 0.29) is 24.2 Å². The maximum atomic E-state index is 12.1. The lowest BCUT2D eigenvalue weighted by atomic mass is 10.1. The molecular formula is C15H19ClN2O3. The molecule has 0 aromatic heterocycles. The number of amides is 2. The van der Waals surface area contributed by atoms with Crippen LogP contribution in [0.2, 0.25) is 5.02 Å². The molecular weight excluding hydrogens is 292 g/mol. The van der Waals surface area contributed by atoms with Crippen molar-refractivity contribution in [3.05, 3.63) is 28.8 Å². The first-order valence-electron chi connectivity index (χ1n) is 6.94. The number of rotatable bonds is 5. The van der Waals surface area contributed by atoms with Gasteiger partial charge in [0.15, 0.2) is 0 Å². The highest BCUT2D eigenvalue weighted by molar-refractivity contribution is 6.30. The van der Waals surface area contributed by atoms with Crippen molar-refractivity contribution in [3.63, 3.8) is 0 Å². The highest BCUT2D eigenvalue weighted by atomic mass is 35.5. The maximum Gasteiger partial charge on any atom is 0.225 e. The first kappa shape index (κ1) is 15.6. The minimum absolute atomic E-state index is 0.0108. The van der Waals surface area contributed by atoms with Crippen molar-refractivity contribution in [3.8, 4) is 5.75 Å². The fourth-order valence-corrected chi connectivity index (χ4v) is 2.49. The molecule has 5 nitrogen and oxygen atoms in total. The summed E-state index contributed by atoms with van der Waals surface area (Å²) >= 11 is 5.94. The van der Waals surface area contributed by atoms with Crippen LogP contribution in [0.4, 0.5) is 0 Å². The molecule has 0 radical (unpaired) electrons. The van der Waals surface area contributed by atoms with Crippen LogP contribution in [0, 0.1) is 5.92 Å². The zero-order valence-electron chi connectivity index (χ0n) is 12.2. The van der Waals surface area contributed by atoms with E-state index in [0.717, 1.165) is 5.56 Å². The number of carbonyl (C=O) groups is 2. The van der Waals surface area contributed by atoms with Gasteiger partial charge < -0.3 is 15.0 Å². The van der Waals surface area contributed by atoms with Crippen LogP contribution >= 0.6 is 11.6 Å². The van der Waals surface area contributed by atoms with Gasteiger partial charge in [-0.3, -0.25) is 9.59 Å². The number of nitrogens with one attached hydrogen (secondary N) is 1. The van der Waals surface area contributed by atoms with E-state index in [1.54, 1.807) is 24.1 Å². The van der Waals surface area contributed by atoms with Gasteiger partial charge in [-0.05, 0) is 19.1 Å². The Morgan fingerprint density at radius 1 is 1.52 bits per heavy atom. The fourth-order valence-electron chi connectivity index (χ4n) is 2.33. The molecule has 1 unspecified atom stereocenters. The van der Waals surface area contributed by atoms with Gasteiger partial charge in [0.2, 0.25) is 11.8 Å². The van der Waals surface area contributed by atoms with Crippen LogP contribution < -0.4 is 10.1 Å². The van der Waals surface area contributed by atoms with Gasteiger partial charge in [0.05, 0.1) is 12.5 Å². The summed E-state index contributed by atoms with van der Waals surface area (Å²) in [6, 6.07) is 5.33. The smallest absolute Gasteiger partial charge is 0.225 e. The van der Waals surface area contributed by atoms with Gasteiger partial charge in [-0.25, -0.2) is 0 Å². The minimum atomic E-state index is -0.273. The molecule has 0 bridgehead atoms. The molecule has 2 rings (SSSR count). The molecule has 0 aliphatic carbocycles. The first-order valence-corrected chi connectivity index (χ1v) is 7.32. The Kier molecular flexibility index (Phi) is 5.07. The van der Waals surface area contributed by atoms with Crippen LogP contribution in [-0.4, -0.2) is 36.9 Å². The Hall–Kier alpha value is -1.75. The molecule has 1 fully saturated rings. The van der Waals surface area contributed by atoms with Crippen molar-refractivity contribution >= 4 is 23.4 Å². The van der Waals surface area contributed by atoms with E-state index < -0.39 is 0 Å². The van der Waals surface area contributed by atoms with Crippen LogP contribution in [0.3, 0.4) is 0 Å². The molecule has 1 N–H and O–H groups in total. The van der Waals surface area contributed by atoms with Crippen LogP contribution in [0.25, 0.3) is 0 Å². The van der Waals surface area contributed by atoms with Gasteiger partial charge in [0.25, 0.3) is 0 Å². The molecule has 2 amide bonds. The molecule has 1 saturated heterocycles. The van der Waals surface area contributed by atoms with Gasteiger partial charge in [0, 0.05) is 37.1 Å². The summed E-state index contributed by atoms with van der Waals surface area (Å²) in [4.78, 5) is 25.1. The zero-order chi connectivity index (χ0) is 15.4. The van der Waals surface area contributed by atoms with Gasteiger partial charge in [-0.15, -0.1) is 0 Å². The number of benzene rings is 1. The van der Waals surface area contributed by atoms with E-state index in [0.29, 0.717) is 30.5 Å². The number of likely N-dealkylation sites (tertiary alicyclic amines) is 1. The normalized spacial score (nSPS) is 18.0. The number of carbonyl (C=O) groups excluding carboxylic acids is 2. The van der Waals surface area contributed by atoms with Crippen LogP contribution in [0.15, 0.2) is 18.2 Å². The van der Waals surface area contributed by atoms with E-state index in [2.05, 4.69) is 5.32 Å². The molecule has 6 heteroatoms. The lowest BCUT2D eigenvalue weighted by Crippen LogP contribution is -2.31. The average Bonchev–Trinajstić information content (AvgIpc) is 2.78. The summed E-state index contributed by atoms with van der Waals surface area (Å²) in [5, 5.41) is 3.45. The highest BCUT2D eigenvalue weighted by Gasteiger charge is 2.31. The molecule has 1 aromatic rings. The predicted octanol–water partition coefficient (Wildman–Crippen LogP) is 1.83. The Labute approximate surface area is 129 Å². The van der Waals surface area contributed by atoms with Crippen LogP contribution in [0.1, 0.15) is 18.9 Å². The van der Waals surface area contributed by atoms with Crippen molar-refractivity contribution < 1.29 is 14.3 Å². The van der Waals surface area contributed by atoms with E-state index >= 15 is 0 Å². The summed E-state index contributed by atoms with van der Waals surface area (Å²) in [5.41, 5.74) is 0.868. The average molecular weight is 311 g/mol. The SMILES string of the molecule is CCOc1cc(Cl)ccc1CNC(=O)C1CC(=O)N(C)C1. The quantitative estimate of drug-likeness (QED) is 0.902. The second-order valence-electron chi connectivity index (χ2n) is 5.08. The summed E-state index contributed by atoms with van der Waals surface area (Å²) < 4.78 is 5.51. The Balaban J connectivity index is 1.96. The van der Waals surface area contributed by atoms with Crippen molar-refractivity contribution in [2.75, 3.05) is 20.2 Å². The van der Waals surface area contributed by atoms with Gasteiger partial charge >= 0.3 is 0 Å². The van der Waals surface area contributed by atoms with E-state index in [1.807, 2.05) is 13.0 Å². The third-order valence-electron chi connectivity index (χ3n) is 3.49. The van der Waals surface area contributed by atoms with E-state index in [9.17, 15) is 9.59 Å². The van der Waals surface area contributed by atoms with Crippen LogP contribution in [-0.2, 0) is 16.1 Å². The summed E-state index contributed by atoms with van der Waals surface area (Å²) in [5.74, 6) is 0.303. The van der Waals surface area contributed by atoms with Crippen molar-refractivity contribution in [2.45, 2.75) is 19.9 Å². The predicted molar refractivity (Wildman–Crippen MR) is 80.2 cm³/mol. The third kappa shape index (κ3) is 3.88. The molecule has 21 heavy (non-hydrogen) atoms. The van der Waals surface area contributed by atoms with Crippen LogP contribution in [0.5, 0.6) is 5.75 Å². The van der Waals surface area contributed by atoms with Gasteiger partial charge in [-0.2, -0.15) is 0 Å². The molecule has 1 heterocycles. The second kappa shape index (κ2) is 6.80. The molecule has 1 aliphatic rings. The lowest BCUT2D eigenvalue weighted by molar-refractivity contribution is -0.128.